The molecule has 0 spiro atoms. The zero-order valence-electron chi connectivity index (χ0n) is 5.90. The standard InChI is InChI=1S/C7H14O3/c1-2-3-4-6(9)7(10)5-8/h2,6-10H,1,3-5H2. The summed E-state index contributed by atoms with van der Waals surface area (Å²) < 4.78 is 0. The molecule has 0 aromatic rings. The quantitative estimate of drug-likeness (QED) is 0.465. The van der Waals surface area contributed by atoms with Crippen molar-refractivity contribution < 1.29 is 15.3 Å². The first-order valence-corrected chi connectivity index (χ1v) is 3.30. The second-order valence-corrected chi connectivity index (χ2v) is 2.18. The highest BCUT2D eigenvalue weighted by molar-refractivity contribution is 4.72. The maximum Gasteiger partial charge on any atom is 0.103 e. The monoisotopic (exact) mass is 146 g/mol. The van der Waals surface area contributed by atoms with Crippen LogP contribution in [0.15, 0.2) is 12.7 Å². The van der Waals surface area contributed by atoms with Crippen LogP contribution < -0.4 is 0 Å². The molecule has 0 rings (SSSR count). The summed E-state index contributed by atoms with van der Waals surface area (Å²) in [7, 11) is 0. The Hall–Kier alpha value is -0.380. The van der Waals surface area contributed by atoms with E-state index in [4.69, 9.17) is 15.3 Å². The lowest BCUT2D eigenvalue weighted by Crippen LogP contribution is -2.28. The zero-order valence-corrected chi connectivity index (χ0v) is 5.90. The van der Waals surface area contributed by atoms with Crippen molar-refractivity contribution in [3.8, 4) is 0 Å². The van der Waals surface area contributed by atoms with Crippen LogP contribution in [0.3, 0.4) is 0 Å². The minimum atomic E-state index is -1.01. The molecule has 0 saturated heterocycles. The Morgan fingerprint density at radius 1 is 1.30 bits per heavy atom. The molecule has 2 atom stereocenters. The van der Waals surface area contributed by atoms with Gasteiger partial charge in [0.05, 0.1) is 12.7 Å². The van der Waals surface area contributed by atoms with Crippen molar-refractivity contribution in [2.24, 2.45) is 0 Å². The predicted molar refractivity (Wildman–Crippen MR) is 38.5 cm³/mol. The van der Waals surface area contributed by atoms with E-state index >= 15 is 0 Å². The molecule has 60 valence electrons. The van der Waals surface area contributed by atoms with Crippen LogP contribution in [-0.2, 0) is 0 Å². The predicted octanol–water partition coefficient (Wildman–Crippen LogP) is -0.333. The average Bonchev–Trinajstić information content (AvgIpc) is 1.98. The lowest BCUT2D eigenvalue weighted by atomic mass is 10.1. The molecule has 2 unspecified atom stereocenters. The molecule has 0 radical (unpaired) electrons. The molecule has 0 aromatic heterocycles. The minimum Gasteiger partial charge on any atom is -0.394 e. The van der Waals surface area contributed by atoms with E-state index in [1.807, 2.05) is 0 Å². The van der Waals surface area contributed by atoms with Gasteiger partial charge in [-0.1, -0.05) is 6.08 Å². The fourth-order valence-corrected chi connectivity index (χ4v) is 0.603. The van der Waals surface area contributed by atoms with Crippen LogP contribution in [0.1, 0.15) is 12.8 Å². The first-order chi connectivity index (χ1) is 4.72. The van der Waals surface area contributed by atoms with E-state index in [1.54, 1.807) is 6.08 Å². The van der Waals surface area contributed by atoms with E-state index < -0.39 is 18.8 Å². The van der Waals surface area contributed by atoms with Gasteiger partial charge < -0.3 is 15.3 Å². The molecule has 3 nitrogen and oxygen atoms in total. The Kier molecular flexibility index (Phi) is 5.20. The normalized spacial score (nSPS) is 16.3. The number of rotatable bonds is 5. The molecule has 3 N–H and O–H groups in total. The summed E-state index contributed by atoms with van der Waals surface area (Å²) in [6.45, 7) is 3.07. The highest BCUT2D eigenvalue weighted by atomic mass is 16.4. The van der Waals surface area contributed by atoms with E-state index in [9.17, 15) is 0 Å². The number of hydrogen-bond donors (Lipinski definition) is 3. The second-order valence-electron chi connectivity index (χ2n) is 2.18. The molecule has 0 heterocycles. The molecule has 0 amide bonds. The Bertz CT molecular complexity index is 92.9. The van der Waals surface area contributed by atoms with Crippen molar-refractivity contribution in [3.05, 3.63) is 12.7 Å². The first kappa shape index (κ1) is 9.62. The van der Waals surface area contributed by atoms with Crippen LogP contribution in [0.4, 0.5) is 0 Å². The lowest BCUT2D eigenvalue weighted by molar-refractivity contribution is -0.0169. The van der Waals surface area contributed by atoms with Gasteiger partial charge in [-0.15, -0.1) is 6.58 Å². The number of aliphatic hydroxyl groups excluding tert-OH is 3. The summed E-state index contributed by atoms with van der Waals surface area (Å²) in [5, 5.41) is 26.2. The van der Waals surface area contributed by atoms with E-state index in [-0.39, 0.29) is 0 Å². The van der Waals surface area contributed by atoms with Gasteiger partial charge in [0, 0.05) is 0 Å². The summed E-state index contributed by atoms with van der Waals surface area (Å²) in [5.74, 6) is 0. The van der Waals surface area contributed by atoms with Crippen LogP contribution in [0, 0.1) is 0 Å². The van der Waals surface area contributed by atoms with Gasteiger partial charge in [0.15, 0.2) is 0 Å². The third kappa shape index (κ3) is 3.61. The molecule has 0 aliphatic heterocycles. The zero-order chi connectivity index (χ0) is 7.98. The fourth-order valence-electron chi connectivity index (χ4n) is 0.603. The Labute approximate surface area is 60.6 Å². The molecule has 0 aliphatic carbocycles. The molecule has 10 heavy (non-hydrogen) atoms. The molecule has 0 aromatic carbocycles. The van der Waals surface area contributed by atoms with Gasteiger partial charge in [-0.25, -0.2) is 0 Å². The van der Waals surface area contributed by atoms with Crippen molar-refractivity contribution >= 4 is 0 Å². The van der Waals surface area contributed by atoms with Crippen LogP contribution in [0.2, 0.25) is 0 Å². The van der Waals surface area contributed by atoms with E-state index in [2.05, 4.69) is 6.58 Å². The molecular weight excluding hydrogens is 132 g/mol. The van der Waals surface area contributed by atoms with Gasteiger partial charge >= 0.3 is 0 Å². The Morgan fingerprint density at radius 2 is 1.90 bits per heavy atom. The molecule has 3 heteroatoms. The van der Waals surface area contributed by atoms with Gasteiger partial charge in [0.1, 0.15) is 6.10 Å². The summed E-state index contributed by atoms with van der Waals surface area (Å²) >= 11 is 0. The molecular formula is C7H14O3. The molecule has 0 fully saturated rings. The molecule has 0 bridgehead atoms. The topological polar surface area (TPSA) is 60.7 Å². The first-order valence-electron chi connectivity index (χ1n) is 3.30. The number of allylic oxidation sites excluding steroid dienone is 1. The van der Waals surface area contributed by atoms with Gasteiger partial charge in [-0.2, -0.15) is 0 Å². The lowest BCUT2D eigenvalue weighted by Gasteiger charge is -2.13. The molecule has 0 saturated carbocycles. The van der Waals surface area contributed by atoms with Crippen molar-refractivity contribution in [2.75, 3.05) is 6.61 Å². The van der Waals surface area contributed by atoms with Crippen molar-refractivity contribution in [2.45, 2.75) is 25.0 Å². The van der Waals surface area contributed by atoms with Crippen LogP contribution in [-0.4, -0.2) is 34.1 Å². The molecule has 0 aliphatic rings. The van der Waals surface area contributed by atoms with Crippen molar-refractivity contribution in [3.63, 3.8) is 0 Å². The summed E-state index contributed by atoms with van der Waals surface area (Å²) in [5.41, 5.74) is 0. The Balaban J connectivity index is 3.40. The fraction of sp³-hybridized carbons (Fsp3) is 0.714. The largest absolute Gasteiger partial charge is 0.394 e. The van der Waals surface area contributed by atoms with Gasteiger partial charge in [0.2, 0.25) is 0 Å². The Morgan fingerprint density at radius 3 is 2.30 bits per heavy atom. The van der Waals surface area contributed by atoms with E-state index in [0.717, 1.165) is 0 Å². The van der Waals surface area contributed by atoms with Gasteiger partial charge in [0.25, 0.3) is 0 Å². The highest BCUT2D eigenvalue weighted by Crippen LogP contribution is 2.01. The summed E-state index contributed by atoms with van der Waals surface area (Å²) in [4.78, 5) is 0. The maximum absolute atomic E-state index is 8.99. The minimum absolute atomic E-state index is 0.391. The maximum atomic E-state index is 8.99. The van der Waals surface area contributed by atoms with E-state index in [1.165, 1.54) is 0 Å². The van der Waals surface area contributed by atoms with Crippen molar-refractivity contribution in [1.29, 1.82) is 0 Å². The van der Waals surface area contributed by atoms with Crippen molar-refractivity contribution in [1.82, 2.24) is 0 Å². The van der Waals surface area contributed by atoms with Gasteiger partial charge in [-0.3, -0.25) is 0 Å². The van der Waals surface area contributed by atoms with Gasteiger partial charge in [-0.05, 0) is 12.8 Å². The third-order valence-corrected chi connectivity index (χ3v) is 1.30. The highest BCUT2D eigenvalue weighted by Gasteiger charge is 2.12. The van der Waals surface area contributed by atoms with E-state index in [0.29, 0.717) is 12.8 Å². The SMILES string of the molecule is C=CCCC(O)C(O)CO. The average molecular weight is 146 g/mol. The summed E-state index contributed by atoms with van der Waals surface area (Å²) in [6, 6.07) is 0. The van der Waals surface area contributed by atoms with Crippen LogP contribution in [0.5, 0.6) is 0 Å². The third-order valence-electron chi connectivity index (χ3n) is 1.30. The summed E-state index contributed by atoms with van der Waals surface area (Å²) in [6.07, 6.45) is 0.916. The number of aliphatic hydroxyl groups is 3. The second kappa shape index (κ2) is 5.41. The van der Waals surface area contributed by atoms with Crippen LogP contribution >= 0.6 is 0 Å². The smallest absolute Gasteiger partial charge is 0.103 e. The van der Waals surface area contributed by atoms with Crippen LogP contribution in [0.25, 0.3) is 0 Å². The number of hydrogen-bond acceptors (Lipinski definition) is 3.